The van der Waals surface area contributed by atoms with Gasteiger partial charge in [0.25, 0.3) is 0 Å². The van der Waals surface area contributed by atoms with E-state index in [-0.39, 0.29) is 6.61 Å². The van der Waals surface area contributed by atoms with Crippen molar-refractivity contribution in [3.63, 3.8) is 0 Å². The zero-order valence-corrected chi connectivity index (χ0v) is 11.5. The van der Waals surface area contributed by atoms with Crippen LogP contribution in [0.15, 0.2) is 18.2 Å². The second-order valence-electron chi connectivity index (χ2n) is 4.64. The van der Waals surface area contributed by atoms with Crippen molar-refractivity contribution in [3.8, 4) is 0 Å². The van der Waals surface area contributed by atoms with Crippen molar-refractivity contribution < 1.29 is 5.11 Å². The number of hydrogen-bond acceptors (Lipinski definition) is 3. The Morgan fingerprint density at radius 3 is 3.00 bits per heavy atom. The molecular formula is C14H21NOS. The lowest BCUT2D eigenvalue weighted by Crippen LogP contribution is -2.38. The molecular weight excluding hydrogens is 230 g/mol. The summed E-state index contributed by atoms with van der Waals surface area (Å²) in [7, 11) is 0. The Hall–Kier alpha value is -0.670. The standard InChI is InChI=1S/C14H21NOS/c1-3-13-9-15(6-7-17-13)14-5-4-11(2)8-12(14)10-16/h4-5,8,13,16H,3,6-7,9-10H2,1-2H3. The molecule has 3 heteroatoms. The van der Waals surface area contributed by atoms with E-state index >= 15 is 0 Å². The predicted octanol–water partition coefficient (Wildman–Crippen LogP) is 2.82. The zero-order valence-electron chi connectivity index (χ0n) is 10.6. The summed E-state index contributed by atoms with van der Waals surface area (Å²) in [6.07, 6.45) is 1.22. The van der Waals surface area contributed by atoms with E-state index < -0.39 is 0 Å². The highest BCUT2D eigenvalue weighted by Crippen LogP contribution is 2.28. The molecule has 1 aliphatic rings. The van der Waals surface area contributed by atoms with E-state index in [0.717, 1.165) is 23.9 Å². The van der Waals surface area contributed by atoms with E-state index in [0.29, 0.717) is 0 Å². The number of thioether (sulfide) groups is 1. The third-order valence-corrected chi connectivity index (χ3v) is 4.71. The van der Waals surface area contributed by atoms with Crippen molar-refractivity contribution in [2.45, 2.75) is 32.1 Å². The Morgan fingerprint density at radius 1 is 1.47 bits per heavy atom. The van der Waals surface area contributed by atoms with Crippen molar-refractivity contribution >= 4 is 17.4 Å². The molecule has 94 valence electrons. The SMILES string of the molecule is CCC1CN(c2ccc(C)cc2CO)CCS1. The van der Waals surface area contributed by atoms with Gasteiger partial charge in [-0.3, -0.25) is 0 Å². The van der Waals surface area contributed by atoms with E-state index in [1.807, 2.05) is 0 Å². The summed E-state index contributed by atoms with van der Waals surface area (Å²) in [6.45, 7) is 6.67. The Bertz CT molecular complexity index is 380. The fraction of sp³-hybridized carbons (Fsp3) is 0.571. The van der Waals surface area contributed by atoms with E-state index in [2.05, 4.69) is 48.7 Å². The molecule has 1 N–H and O–H groups in total. The van der Waals surface area contributed by atoms with Gasteiger partial charge in [0.1, 0.15) is 0 Å². The second-order valence-corrected chi connectivity index (χ2v) is 6.05. The molecule has 0 amide bonds. The Kier molecular flexibility index (Phi) is 4.35. The molecule has 0 aliphatic carbocycles. The van der Waals surface area contributed by atoms with Gasteiger partial charge in [-0.2, -0.15) is 11.8 Å². The fourth-order valence-corrected chi connectivity index (χ4v) is 3.51. The third-order valence-electron chi connectivity index (χ3n) is 3.34. The minimum atomic E-state index is 0.136. The molecule has 2 rings (SSSR count). The van der Waals surface area contributed by atoms with Crippen LogP contribution in [-0.4, -0.2) is 29.2 Å². The minimum Gasteiger partial charge on any atom is -0.392 e. The summed E-state index contributed by atoms with van der Waals surface area (Å²) in [5, 5.41) is 10.2. The summed E-state index contributed by atoms with van der Waals surface area (Å²) >= 11 is 2.07. The van der Waals surface area contributed by atoms with Gasteiger partial charge in [0.15, 0.2) is 0 Å². The van der Waals surface area contributed by atoms with Crippen LogP contribution in [0.5, 0.6) is 0 Å². The van der Waals surface area contributed by atoms with Crippen molar-refractivity contribution in [3.05, 3.63) is 29.3 Å². The molecule has 0 spiro atoms. The van der Waals surface area contributed by atoms with Crippen LogP contribution >= 0.6 is 11.8 Å². The zero-order chi connectivity index (χ0) is 12.3. The van der Waals surface area contributed by atoms with Crippen LogP contribution in [0.3, 0.4) is 0 Å². The van der Waals surface area contributed by atoms with Crippen LogP contribution in [0, 0.1) is 6.92 Å². The first-order valence-corrected chi connectivity index (χ1v) is 7.36. The molecule has 0 bridgehead atoms. The number of aryl methyl sites for hydroxylation is 1. The molecule has 1 unspecified atom stereocenters. The van der Waals surface area contributed by atoms with Crippen LogP contribution in [0.2, 0.25) is 0 Å². The molecule has 17 heavy (non-hydrogen) atoms. The summed E-state index contributed by atoms with van der Waals surface area (Å²) < 4.78 is 0. The van der Waals surface area contributed by atoms with Crippen LogP contribution in [0.25, 0.3) is 0 Å². The molecule has 1 saturated heterocycles. The maximum atomic E-state index is 9.46. The van der Waals surface area contributed by atoms with Gasteiger partial charge in [0.05, 0.1) is 6.61 Å². The summed E-state index contributed by atoms with van der Waals surface area (Å²) in [6, 6.07) is 6.39. The van der Waals surface area contributed by atoms with E-state index in [9.17, 15) is 5.11 Å². The summed E-state index contributed by atoms with van der Waals surface area (Å²) in [5.41, 5.74) is 3.50. The number of benzene rings is 1. The van der Waals surface area contributed by atoms with Crippen LogP contribution in [-0.2, 0) is 6.61 Å². The van der Waals surface area contributed by atoms with Gasteiger partial charge in [0, 0.05) is 35.3 Å². The van der Waals surface area contributed by atoms with Gasteiger partial charge in [-0.1, -0.05) is 24.6 Å². The molecule has 1 aliphatic heterocycles. The number of nitrogens with zero attached hydrogens (tertiary/aromatic N) is 1. The van der Waals surface area contributed by atoms with Crippen molar-refractivity contribution in [1.29, 1.82) is 0 Å². The number of anilines is 1. The van der Waals surface area contributed by atoms with Crippen LogP contribution in [0.1, 0.15) is 24.5 Å². The number of hydrogen-bond donors (Lipinski definition) is 1. The largest absolute Gasteiger partial charge is 0.392 e. The first kappa shape index (κ1) is 12.8. The van der Waals surface area contributed by atoms with Crippen molar-refractivity contribution in [2.75, 3.05) is 23.7 Å². The fourth-order valence-electron chi connectivity index (χ4n) is 2.33. The van der Waals surface area contributed by atoms with Crippen molar-refractivity contribution in [2.24, 2.45) is 0 Å². The number of aliphatic hydroxyl groups is 1. The first-order chi connectivity index (χ1) is 8.24. The average Bonchev–Trinajstić information content (AvgIpc) is 2.38. The van der Waals surface area contributed by atoms with E-state index in [1.165, 1.54) is 23.4 Å². The van der Waals surface area contributed by atoms with E-state index in [1.54, 1.807) is 0 Å². The topological polar surface area (TPSA) is 23.5 Å². The molecule has 1 atom stereocenters. The van der Waals surface area contributed by atoms with Gasteiger partial charge in [0.2, 0.25) is 0 Å². The summed E-state index contributed by atoms with van der Waals surface area (Å²) in [4.78, 5) is 2.43. The first-order valence-electron chi connectivity index (χ1n) is 6.31. The molecule has 0 saturated carbocycles. The highest BCUT2D eigenvalue weighted by atomic mass is 32.2. The second kappa shape index (κ2) is 5.78. The summed E-state index contributed by atoms with van der Waals surface area (Å²) in [5.74, 6) is 1.19. The average molecular weight is 251 g/mol. The lowest BCUT2D eigenvalue weighted by Gasteiger charge is -2.34. The number of rotatable bonds is 3. The van der Waals surface area contributed by atoms with Crippen LogP contribution in [0.4, 0.5) is 5.69 Å². The molecule has 1 aromatic rings. The van der Waals surface area contributed by atoms with Crippen molar-refractivity contribution in [1.82, 2.24) is 0 Å². The molecule has 2 nitrogen and oxygen atoms in total. The van der Waals surface area contributed by atoms with Gasteiger partial charge in [-0.25, -0.2) is 0 Å². The maximum absolute atomic E-state index is 9.46. The Morgan fingerprint density at radius 2 is 2.29 bits per heavy atom. The Balaban J connectivity index is 2.20. The maximum Gasteiger partial charge on any atom is 0.0702 e. The quantitative estimate of drug-likeness (QED) is 0.893. The lowest BCUT2D eigenvalue weighted by atomic mass is 10.1. The lowest BCUT2D eigenvalue weighted by molar-refractivity contribution is 0.282. The number of aliphatic hydroxyl groups excluding tert-OH is 1. The van der Waals surface area contributed by atoms with Gasteiger partial charge in [-0.15, -0.1) is 0 Å². The minimum absolute atomic E-state index is 0.136. The third kappa shape index (κ3) is 2.96. The molecule has 1 heterocycles. The van der Waals surface area contributed by atoms with E-state index in [4.69, 9.17) is 0 Å². The normalized spacial score (nSPS) is 20.6. The molecule has 1 fully saturated rings. The predicted molar refractivity (Wildman–Crippen MR) is 75.9 cm³/mol. The monoisotopic (exact) mass is 251 g/mol. The van der Waals surface area contributed by atoms with Gasteiger partial charge >= 0.3 is 0 Å². The molecule has 1 aromatic carbocycles. The molecule has 0 radical (unpaired) electrons. The smallest absolute Gasteiger partial charge is 0.0702 e. The van der Waals surface area contributed by atoms with Crippen LogP contribution < -0.4 is 4.90 Å². The van der Waals surface area contributed by atoms with Gasteiger partial charge in [-0.05, 0) is 19.4 Å². The van der Waals surface area contributed by atoms with Gasteiger partial charge < -0.3 is 10.0 Å². The highest BCUT2D eigenvalue weighted by Gasteiger charge is 2.20. The molecule has 0 aromatic heterocycles. The highest BCUT2D eigenvalue weighted by molar-refractivity contribution is 8.00. The Labute approximate surface area is 108 Å².